The molecule has 140 valence electrons. The third-order valence-electron chi connectivity index (χ3n) is 5.00. The summed E-state index contributed by atoms with van der Waals surface area (Å²) in [7, 11) is 0. The van der Waals surface area contributed by atoms with Gasteiger partial charge >= 0.3 is 0 Å². The van der Waals surface area contributed by atoms with Crippen LogP contribution in [0.15, 0.2) is 4.47 Å². The number of amides is 2. The van der Waals surface area contributed by atoms with Crippen molar-refractivity contribution in [2.24, 2.45) is 5.92 Å². The first-order valence-corrected chi connectivity index (χ1v) is 10.0. The number of likely N-dealkylation sites (tertiary alicyclic amines) is 1. The topological polar surface area (TPSA) is 78.1 Å². The molecule has 0 spiro atoms. The van der Waals surface area contributed by atoms with E-state index >= 15 is 0 Å². The Morgan fingerprint density at radius 1 is 1.28 bits per heavy atom. The fourth-order valence-electron chi connectivity index (χ4n) is 3.27. The molecular weight excluding hydrogens is 384 g/mol. The Labute approximate surface area is 158 Å². The zero-order valence-corrected chi connectivity index (χ0v) is 17.1. The van der Waals surface area contributed by atoms with Crippen molar-refractivity contribution in [3.8, 4) is 0 Å². The molecule has 0 radical (unpaired) electrons. The third kappa shape index (κ3) is 4.63. The third-order valence-corrected chi connectivity index (χ3v) is 5.80. The monoisotopic (exact) mass is 412 g/mol. The van der Waals surface area contributed by atoms with E-state index in [-0.39, 0.29) is 29.7 Å². The molecule has 2 rings (SSSR count). The van der Waals surface area contributed by atoms with Crippen LogP contribution in [0.25, 0.3) is 0 Å². The molecule has 0 aliphatic carbocycles. The SMILES string of the molecule is CCC(CC)C(=O)N1CCC(NC(=O)c2n[nH]c(C(C)C)c2Br)CC1. The molecule has 6 nitrogen and oxygen atoms in total. The van der Waals surface area contributed by atoms with Gasteiger partial charge in [0, 0.05) is 25.0 Å². The second-order valence-corrected chi connectivity index (χ2v) is 7.83. The maximum atomic E-state index is 12.5. The standard InChI is InChI=1S/C18H29BrN4O2/c1-5-12(6-2)18(25)23-9-7-13(8-10-23)20-17(24)16-14(19)15(11(3)4)21-22-16/h11-13H,5-10H2,1-4H3,(H,20,24)(H,21,22). The van der Waals surface area contributed by atoms with Crippen LogP contribution in [0.3, 0.4) is 0 Å². The van der Waals surface area contributed by atoms with Gasteiger partial charge in [0.25, 0.3) is 5.91 Å². The van der Waals surface area contributed by atoms with Gasteiger partial charge in [0.15, 0.2) is 5.69 Å². The number of halogens is 1. The van der Waals surface area contributed by atoms with Gasteiger partial charge in [-0.25, -0.2) is 0 Å². The van der Waals surface area contributed by atoms with Crippen molar-refractivity contribution in [3.63, 3.8) is 0 Å². The highest BCUT2D eigenvalue weighted by atomic mass is 79.9. The average molecular weight is 413 g/mol. The number of nitrogens with one attached hydrogen (secondary N) is 2. The van der Waals surface area contributed by atoms with Crippen LogP contribution in [0.5, 0.6) is 0 Å². The Morgan fingerprint density at radius 3 is 2.36 bits per heavy atom. The van der Waals surface area contributed by atoms with Crippen molar-refractivity contribution in [3.05, 3.63) is 15.9 Å². The first kappa shape index (κ1) is 19.9. The predicted molar refractivity (Wildman–Crippen MR) is 102 cm³/mol. The largest absolute Gasteiger partial charge is 0.348 e. The molecule has 2 heterocycles. The van der Waals surface area contributed by atoms with Gasteiger partial charge in [-0.15, -0.1) is 0 Å². The Balaban J connectivity index is 1.90. The molecule has 0 atom stereocenters. The number of hydrogen-bond acceptors (Lipinski definition) is 3. The lowest BCUT2D eigenvalue weighted by atomic mass is 9.98. The van der Waals surface area contributed by atoms with Crippen molar-refractivity contribution >= 4 is 27.7 Å². The minimum absolute atomic E-state index is 0.0874. The van der Waals surface area contributed by atoms with Crippen molar-refractivity contribution in [2.75, 3.05) is 13.1 Å². The van der Waals surface area contributed by atoms with Crippen LogP contribution in [-0.4, -0.2) is 46.0 Å². The van der Waals surface area contributed by atoms with Gasteiger partial charge < -0.3 is 10.2 Å². The molecule has 1 aliphatic rings. The maximum absolute atomic E-state index is 12.5. The lowest BCUT2D eigenvalue weighted by molar-refractivity contribution is -0.136. The van der Waals surface area contributed by atoms with Crippen LogP contribution in [0.4, 0.5) is 0 Å². The Kier molecular flexibility index (Phi) is 7.04. The number of hydrogen-bond donors (Lipinski definition) is 2. The fourth-order valence-corrected chi connectivity index (χ4v) is 4.08. The predicted octanol–water partition coefficient (Wildman–Crippen LogP) is 3.45. The summed E-state index contributed by atoms with van der Waals surface area (Å²) in [5.41, 5.74) is 1.33. The van der Waals surface area contributed by atoms with Gasteiger partial charge in [-0.05, 0) is 47.5 Å². The van der Waals surface area contributed by atoms with Gasteiger partial charge in [0.05, 0.1) is 10.2 Å². The van der Waals surface area contributed by atoms with Crippen LogP contribution in [-0.2, 0) is 4.79 Å². The van der Waals surface area contributed by atoms with Crippen LogP contribution >= 0.6 is 15.9 Å². The number of carbonyl (C=O) groups is 2. The second kappa shape index (κ2) is 8.83. The van der Waals surface area contributed by atoms with E-state index in [1.54, 1.807) is 0 Å². The Bertz CT molecular complexity index is 602. The van der Waals surface area contributed by atoms with Crippen LogP contribution in [0.2, 0.25) is 0 Å². The minimum Gasteiger partial charge on any atom is -0.348 e. The van der Waals surface area contributed by atoms with Crippen molar-refractivity contribution in [1.82, 2.24) is 20.4 Å². The highest BCUT2D eigenvalue weighted by Gasteiger charge is 2.28. The molecule has 0 bridgehead atoms. The fraction of sp³-hybridized carbons (Fsp3) is 0.722. The van der Waals surface area contributed by atoms with Gasteiger partial charge in [-0.2, -0.15) is 5.10 Å². The second-order valence-electron chi connectivity index (χ2n) is 7.04. The summed E-state index contributed by atoms with van der Waals surface area (Å²) < 4.78 is 0.737. The highest BCUT2D eigenvalue weighted by molar-refractivity contribution is 9.10. The zero-order valence-electron chi connectivity index (χ0n) is 15.6. The molecular formula is C18H29BrN4O2. The molecule has 1 saturated heterocycles. The van der Waals surface area contributed by atoms with Crippen LogP contribution in [0.1, 0.15) is 75.5 Å². The lowest BCUT2D eigenvalue weighted by Gasteiger charge is -2.34. The zero-order chi connectivity index (χ0) is 18.6. The van der Waals surface area contributed by atoms with E-state index in [1.807, 2.05) is 18.7 Å². The van der Waals surface area contributed by atoms with Crippen molar-refractivity contribution in [2.45, 2.75) is 65.3 Å². The average Bonchev–Trinajstić information content (AvgIpc) is 2.98. The Hall–Kier alpha value is -1.37. The quantitative estimate of drug-likeness (QED) is 0.750. The lowest BCUT2D eigenvalue weighted by Crippen LogP contribution is -2.48. The first-order valence-electron chi connectivity index (χ1n) is 9.22. The highest BCUT2D eigenvalue weighted by Crippen LogP contribution is 2.26. The van der Waals surface area contributed by atoms with E-state index in [9.17, 15) is 9.59 Å². The van der Waals surface area contributed by atoms with E-state index in [4.69, 9.17) is 0 Å². The summed E-state index contributed by atoms with van der Waals surface area (Å²) in [4.78, 5) is 26.9. The molecule has 2 amide bonds. The number of carbonyl (C=O) groups excluding carboxylic acids is 2. The van der Waals surface area contributed by atoms with Crippen LogP contribution in [0, 0.1) is 5.92 Å². The van der Waals surface area contributed by atoms with Gasteiger partial charge in [0.2, 0.25) is 5.91 Å². The molecule has 25 heavy (non-hydrogen) atoms. The van der Waals surface area contributed by atoms with Gasteiger partial charge in [0.1, 0.15) is 0 Å². The van der Waals surface area contributed by atoms with E-state index in [1.165, 1.54) is 0 Å². The van der Waals surface area contributed by atoms with E-state index in [0.29, 0.717) is 18.8 Å². The molecule has 2 N–H and O–H groups in total. The van der Waals surface area contributed by atoms with E-state index in [2.05, 4.69) is 45.3 Å². The van der Waals surface area contributed by atoms with E-state index in [0.717, 1.165) is 35.8 Å². The summed E-state index contributed by atoms with van der Waals surface area (Å²) in [6, 6.07) is 0.0874. The maximum Gasteiger partial charge on any atom is 0.273 e. The van der Waals surface area contributed by atoms with E-state index < -0.39 is 0 Å². The summed E-state index contributed by atoms with van der Waals surface area (Å²) >= 11 is 3.47. The molecule has 1 aromatic rings. The first-order chi connectivity index (χ1) is 11.9. The normalized spacial score (nSPS) is 15.9. The molecule has 1 aromatic heterocycles. The summed E-state index contributed by atoms with van der Waals surface area (Å²) in [5, 5.41) is 10.1. The smallest absolute Gasteiger partial charge is 0.273 e. The summed E-state index contributed by atoms with van der Waals surface area (Å²) in [6.07, 6.45) is 3.35. The number of aromatic nitrogens is 2. The van der Waals surface area contributed by atoms with Crippen LogP contribution < -0.4 is 5.32 Å². The van der Waals surface area contributed by atoms with Crippen molar-refractivity contribution < 1.29 is 9.59 Å². The number of H-pyrrole nitrogens is 1. The number of aromatic amines is 1. The number of nitrogens with zero attached hydrogens (tertiary/aromatic N) is 2. The molecule has 1 fully saturated rings. The summed E-state index contributed by atoms with van der Waals surface area (Å²) in [6.45, 7) is 9.63. The number of piperidine rings is 1. The molecule has 1 aliphatic heterocycles. The number of rotatable bonds is 6. The molecule has 0 unspecified atom stereocenters. The molecule has 7 heteroatoms. The van der Waals surface area contributed by atoms with Gasteiger partial charge in [-0.3, -0.25) is 14.7 Å². The molecule has 0 aromatic carbocycles. The minimum atomic E-state index is -0.167. The summed E-state index contributed by atoms with van der Waals surface area (Å²) in [5.74, 6) is 0.481. The van der Waals surface area contributed by atoms with Crippen molar-refractivity contribution in [1.29, 1.82) is 0 Å². The van der Waals surface area contributed by atoms with Gasteiger partial charge in [-0.1, -0.05) is 27.7 Å². The molecule has 0 saturated carbocycles. The Morgan fingerprint density at radius 2 is 1.88 bits per heavy atom.